The molecule has 1 aliphatic heterocycles. The maximum absolute atomic E-state index is 13.4. The summed E-state index contributed by atoms with van der Waals surface area (Å²) in [6.45, 7) is 2.61. The van der Waals surface area contributed by atoms with Crippen LogP contribution in [0.4, 0.5) is 8.78 Å². The van der Waals surface area contributed by atoms with Gasteiger partial charge in [0.1, 0.15) is 11.6 Å². The fourth-order valence-corrected chi connectivity index (χ4v) is 3.34. The fraction of sp³-hybridized carbons (Fsp3) is 0.375. The Kier molecular flexibility index (Phi) is 4.30. The molecule has 1 aliphatic rings. The molecule has 0 unspecified atom stereocenters. The van der Waals surface area contributed by atoms with Gasteiger partial charge in [0.25, 0.3) is 0 Å². The zero-order chi connectivity index (χ0) is 16.6. The van der Waals surface area contributed by atoms with Crippen LogP contribution in [-0.4, -0.2) is 22.1 Å². The number of aromatic nitrogens is 2. The summed E-state index contributed by atoms with van der Waals surface area (Å²) < 4.78 is 34.2. The van der Waals surface area contributed by atoms with Gasteiger partial charge < -0.3 is 14.3 Å². The Morgan fingerprint density at radius 2 is 2.09 bits per heavy atom. The molecule has 2 aromatic rings. The molecule has 0 radical (unpaired) electrons. The molecule has 0 saturated carbocycles. The molecule has 1 aromatic heterocycles. The van der Waals surface area contributed by atoms with Gasteiger partial charge in [-0.3, -0.25) is 4.79 Å². The zero-order valence-electron chi connectivity index (χ0n) is 12.6. The first-order chi connectivity index (χ1) is 11.0. The number of imidazole rings is 1. The number of rotatable bonds is 4. The molecule has 2 heterocycles. The van der Waals surface area contributed by atoms with Crippen LogP contribution in [0.3, 0.4) is 0 Å². The number of halogens is 2. The van der Waals surface area contributed by atoms with E-state index in [-0.39, 0.29) is 18.3 Å². The number of ether oxygens (including phenoxy) is 1. The molecular formula is C16H16F2N2O2S. The van der Waals surface area contributed by atoms with Crippen molar-refractivity contribution in [3.8, 4) is 0 Å². The highest BCUT2D eigenvalue weighted by Crippen LogP contribution is 2.32. The average Bonchev–Trinajstić information content (AvgIpc) is 3.00. The van der Waals surface area contributed by atoms with Crippen molar-refractivity contribution in [3.63, 3.8) is 0 Å². The van der Waals surface area contributed by atoms with E-state index in [1.807, 2.05) is 4.57 Å². The van der Waals surface area contributed by atoms with Gasteiger partial charge in [0.05, 0.1) is 13.0 Å². The van der Waals surface area contributed by atoms with E-state index in [0.29, 0.717) is 35.6 Å². The average molecular weight is 338 g/mol. The van der Waals surface area contributed by atoms with Gasteiger partial charge in [0.2, 0.25) is 0 Å². The Morgan fingerprint density at radius 3 is 2.74 bits per heavy atom. The standard InChI is InChI=1S/C16H16F2N2O2S/c1-2-22-15(21)7-13-14-5-10(8-20(14)16(23)19-13)9-3-11(17)6-12(18)4-9/h3-4,6,10H,2,5,7-8H2,1H3,(H,19,23)/t10-/m1/s1. The number of hydrogen-bond acceptors (Lipinski definition) is 3. The minimum atomic E-state index is -0.589. The van der Waals surface area contributed by atoms with Gasteiger partial charge in [-0.05, 0) is 43.3 Å². The number of nitrogens with one attached hydrogen (secondary N) is 1. The normalized spacial score (nSPS) is 16.4. The molecule has 1 atom stereocenters. The van der Waals surface area contributed by atoms with Crippen molar-refractivity contribution in [2.45, 2.75) is 32.2 Å². The van der Waals surface area contributed by atoms with Gasteiger partial charge in [-0.15, -0.1) is 0 Å². The highest BCUT2D eigenvalue weighted by atomic mass is 32.1. The van der Waals surface area contributed by atoms with Crippen LogP contribution in [0.1, 0.15) is 29.8 Å². The molecule has 23 heavy (non-hydrogen) atoms. The molecule has 7 heteroatoms. The lowest BCUT2D eigenvalue weighted by Crippen LogP contribution is -2.09. The number of carbonyl (C=O) groups is 1. The predicted molar refractivity (Wildman–Crippen MR) is 82.8 cm³/mol. The SMILES string of the molecule is CCOC(=O)Cc1[nH]c(=S)n2c1C[C@@H](c1cc(F)cc(F)c1)C2. The second-order valence-electron chi connectivity index (χ2n) is 5.55. The summed E-state index contributed by atoms with van der Waals surface area (Å²) in [6.07, 6.45) is 0.689. The van der Waals surface area contributed by atoms with Gasteiger partial charge in [0.15, 0.2) is 4.77 Å². The topological polar surface area (TPSA) is 47.0 Å². The van der Waals surface area contributed by atoms with Crippen LogP contribution in [0.2, 0.25) is 0 Å². The second-order valence-corrected chi connectivity index (χ2v) is 5.94. The van der Waals surface area contributed by atoms with Crippen molar-refractivity contribution in [1.29, 1.82) is 0 Å². The van der Waals surface area contributed by atoms with E-state index < -0.39 is 11.6 Å². The first kappa shape index (κ1) is 15.9. The molecular weight excluding hydrogens is 322 g/mol. The molecule has 0 fully saturated rings. The third kappa shape index (κ3) is 3.19. The second kappa shape index (κ2) is 6.23. The van der Waals surface area contributed by atoms with Crippen molar-refractivity contribution >= 4 is 18.2 Å². The lowest BCUT2D eigenvalue weighted by molar-refractivity contribution is -0.142. The number of H-pyrrole nitrogens is 1. The third-order valence-corrected chi connectivity index (χ3v) is 4.33. The molecule has 0 amide bonds. The minimum absolute atomic E-state index is 0.0626. The van der Waals surface area contributed by atoms with Crippen LogP contribution in [0.15, 0.2) is 18.2 Å². The number of fused-ring (bicyclic) bond motifs is 1. The number of nitrogens with zero attached hydrogens (tertiary/aromatic N) is 1. The molecule has 0 spiro atoms. The number of carbonyl (C=O) groups excluding carboxylic acids is 1. The molecule has 3 rings (SSSR count). The smallest absolute Gasteiger partial charge is 0.311 e. The summed E-state index contributed by atoms with van der Waals surface area (Å²) in [7, 11) is 0. The van der Waals surface area contributed by atoms with E-state index in [2.05, 4.69) is 4.98 Å². The van der Waals surface area contributed by atoms with Gasteiger partial charge in [-0.25, -0.2) is 8.78 Å². The summed E-state index contributed by atoms with van der Waals surface area (Å²) in [4.78, 5) is 14.7. The number of esters is 1. The first-order valence-electron chi connectivity index (χ1n) is 7.40. The van der Waals surface area contributed by atoms with E-state index in [1.54, 1.807) is 6.92 Å². The van der Waals surface area contributed by atoms with Gasteiger partial charge in [-0.1, -0.05) is 0 Å². The summed E-state index contributed by atoms with van der Waals surface area (Å²) >= 11 is 5.28. The fourth-order valence-electron chi connectivity index (χ4n) is 3.04. The minimum Gasteiger partial charge on any atom is -0.466 e. The van der Waals surface area contributed by atoms with E-state index in [0.717, 1.165) is 11.8 Å². The maximum Gasteiger partial charge on any atom is 0.311 e. The van der Waals surface area contributed by atoms with E-state index >= 15 is 0 Å². The summed E-state index contributed by atoms with van der Waals surface area (Å²) in [6, 6.07) is 3.55. The largest absolute Gasteiger partial charge is 0.466 e. The number of hydrogen-bond donors (Lipinski definition) is 1. The molecule has 122 valence electrons. The zero-order valence-corrected chi connectivity index (χ0v) is 13.4. The highest BCUT2D eigenvalue weighted by Gasteiger charge is 2.28. The van der Waals surface area contributed by atoms with Crippen LogP contribution in [0.25, 0.3) is 0 Å². The van der Waals surface area contributed by atoms with Crippen molar-refractivity contribution in [2.75, 3.05) is 6.61 Å². The lowest BCUT2D eigenvalue weighted by Gasteiger charge is -2.10. The Balaban J connectivity index is 1.86. The molecule has 0 bridgehead atoms. The summed E-state index contributed by atoms with van der Waals surface area (Å²) in [5.41, 5.74) is 2.22. The quantitative estimate of drug-likeness (QED) is 0.687. The van der Waals surface area contributed by atoms with E-state index in [1.165, 1.54) is 12.1 Å². The monoisotopic (exact) mass is 338 g/mol. The van der Waals surface area contributed by atoms with Gasteiger partial charge in [0, 0.05) is 29.9 Å². The Morgan fingerprint density at radius 1 is 1.39 bits per heavy atom. The van der Waals surface area contributed by atoms with E-state index in [4.69, 9.17) is 17.0 Å². The van der Waals surface area contributed by atoms with E-state index in [9.17, 15) is 13.6 Å². The lowest BCUT2D eigenvalue weighted by atomic mass is 9.96. The van der Waals surface area contributed by atoms with Crippen LogP contribution in [-0.2, 0) is 28.9 Å². The number of aromatic amines is 1. The predicted octanol–water partition coefficient (Wildman–Crippen LogP) is 3.27. The maximum atomic E-state index is 13.4. The third-order valence-electron chi connectivity index (χ3n) is 4.00. The first-order valence-corrected chi connectivity index (χ1v) is 7.81. The van der Waals surface area contributed by atoms with Gasteiger partial charge >= 0.3 is 5.97 Å². The van der Waals surface area contributed by atoms with Gasteiger partial charge in [-0.2, -0.15) is 0 Å². The van der Waals surface area contributed by atoms with Crippen molar-refractivity contribution in [1.82, 2.24) is 9.55 Å². The van der Waals surface area contributed by atoms with Crippen LogP contribution in [0, 0.1) is 16.4 Å². The molecule has 1 N–H and O–H groups in total. The highest BCUT2D eigenvalue weighted by molar-refractivity contribution is 7.71. The van der Waals surface area contributed by atoms with Crippen molar-refractivity contribution < 1.29 is 18.3 Å². The summed E-state index contributed by atoms with van der Waals surface area (Å²) in [5.74, 6) is -1.57. The molecule has 0 aliphatic carbocycles. The van der Waals surface area contributed by atoms with Crippen molar-refractivity contribution in [3.05, 3.63) is 51.6 Å². The van der Waals surface area contributed by atoms with Crippen LogP contribution in [0.5, 0.6) is 0 Å². The molecule has 1 aromatic carbocycles. The number of benzene rings is 1. The summed E-state index contributed by atoms with van der Waals surface area (Å²) in [5, 5.41) is 0. The Bertz CT molecular complexity index is 793. The Hall–Kier alpha value is -2.02. The Labute approximate surface area is 137 Å². The van der Waals surface area contributed by atoms with Crippen LogP contribution >= 0.6 is 12.2 Å². The molecule has 4 nitrogen and oxygen atoms in total. The molecule has 0 saturated heterocycles. The van der Waals surface area contributed by atoms with Crippen molar-refractivity contribution in [2.24, 2.45) is 0 Å². The van der Waals surface area contributed by atoms with Crippen LogP contribution < -0.4 is 0 Å².